The quantitative estimate of drug-likeness (QED) is 0.600. The van der Waals surface area contributed by atoms with Gasteiger partial charge in [-0.15, -0.1) is 5.10 Å². The second kappa shape index (κ2) is 10.1. The van der Waals surface area contributed by atoms with Gasteiger partial charge in [0.2, 0.25) is 0 Å². The van der Waals surface area contributed by atoms with Crippen LogP contribution in [-0.2, 0) is 14.4 Å². The summed E-state index contributed by atoms with van der Waals surface area (Å²) in [5.74, 6) is -0.573. The Bertz CT molecular complexity index is 893. The number of carbonyl (C=O) groups is 2. The lowest BCUT2D eigenvalue weighted by atomic mass is 9.82. The van der Waals surface area contributed by atoms with Gasteiger partial charge in [0.25, 0.3) is 0 Å². The summed E-state index contributed by atoms with van der Waals surface area (Å²) in [6, 6.07) is 1.86. The third kappa shape index (κ3) is 6.76. The Morgan fingerprint density at radius 1 is 1.06 bits per heavy atom. The number of nitrogens with zero attached hydrogens (tertiary/aromatic N) is 4. The van der Waals surface area contributed by atoms with E-state index in [2.05, 4.69) is 32.8 Å². The summed E-state index contributed by atoms with van der Waals surface area (Å²) < 4.78 is 5.54. The Morgan fingerprint density at radius 2 is 1.63 bits per heavy atom. The normalized spacial score (nSPS) is 22.0. The van der Waals surface area contributed by atoms with Gasteiger partial charge in [-0.2, -0.15) is 5.06 Å². The van der Waals surface area contributed by atoms with E-state index in [1.54, 1.807) is 4.90 Å². The fourth-order valence-electron chi connectivity index (χ4n) is 5.25. The molecule has 0 radical (unpaired) electrons. The van der Waals surface area contributed by atoms with E-state index < -0.39 is 17.7 Å². The number of ether oxygens (including phenoxy) is 1. The van der Waals surface area contributed by atoms with E-state index in [0.29, 0.717) is 25.9 Å². The summed E-state index contributed by atoms with van der Waals surface area (Å²) in [6.07, 6.45) is 3.16. The van der Waals surface area contributed by atoms with Gasteiger partial charge in [0.05, 0.1) is 11.4 Å². The first kappa shape index (κ1) is 27.5. The molecule has 2 aliphatic heterocycles. The Balaban J connectivity index is 1.80. The molecule has 0 N–H and O–H groups in total. The molecular weight excluding hydrogens is 448 g/mol. The number of amides is 1. The predicted molar refractivity (Wildman–Crippen MR) is 133 cm³/mol. The van der Waals surface area contributed by atoms with Gasteiger partial charge >= 0.3 is 12.1 Å². The molecule has 1 aromatic rings. The van der Waals surface area contributed by atoms with E-state index in [4.69, 9.17) is 14.4 Å². The first-order valence-electron chi connectivity index (χ1n) is 12.8. The second-order valence-corrected chi connectivity index (χ2v) is 12.3. The van der Waals surface area contributed by atoms with Gasteiger partial charge in [-0.1, -0.05) is 4.85 Å². The minimum absolute atomic E-state index is 0.105. The standard InChI is InChI=1S/C26H44N4O5/c1-18-17-19(2)29(27-18)35-22(31)21(34-30-25(6,7)13-10-14-26(30,8)9)20-11-15-28(16-12-20)23(32)33-24(3,4)5/h17,20-21H,10-16H2,1-9H3. The molecule has 2 fully saturated rings. The van der Waals surface area contributed by atoms with Crippen molar-refractivity contribution >= 4 is 12.1 Å². The smallest absolute Gasteiger partial charge is 0.410 e. The molecule has 35 heavy (non-hydrogen) atoms. The second-order valence-electron chi connectivity index (χ2n) is 12.3. The Morgan fingerprint density at radius 3 is 2.11 bits per heavy atom. The average Bonchev–Trinajstić information content (AvgIpc) is 3.02. The highest BCUT2D eigenvalue weighted by Crippen LogP contribution is 2.40. The molecule has 198 valence electrons. The van der Waals surface area contributed by atoms with Crippen molar-refractivity contribution in [3.63, 3.8) is 0 Å². The van der Waals surface area contributed by atoms with Crippen LogP contribution in [0, 0.1) is 19.8 Å². The van der Waals surface area contributed by atoms with Crippen molar-refractivity contribution in [2.75, 3.05) is 13.1 Å². The van der Waals surface area contributed by atoms with Crippen LogP contribution in [0.3, 0.4) is 0 Å². The minimum Gasteiger partial charge on any atom is -0.444 e. The molecule has 1 unspecified atom stereocenters. The van der Waals surface area contributed by atoms with Crippen LogP contribution in [0.5, 0.6) is 0 Å². The van der Waals surface area contributed by atoms with Crippen LogP contribution in [0.2, 0.25) is 0 Å². The Kier molecular flexibility index (Phi) is 7.91. The fraction of sp³-hybridized carbons (Fsp3) is 0.808. The van der Waals surface area contributed by atoms with Crippen molar-refractivity contribution < 1.29 is 24.0 Å². The number of piperidine rings is 2. The number of hydrogen-bond acceptors (Lipinski definition) is 7. The van der Waals surface area contributed by atoms with Crippen molar-refractivity contribution in [2.24, 2.45) is 5.92 Å². The Labute approximate surface area is 210 Å². The van der Waals surface area contributed by atoms with Gasteiger partial charge in [-0.25, -0.2) is 9.59 Å². The molecule has 1 amide bonds. The average molecular weight is 493 g/mol. The monoisotopic (exact) mass is 492 g/mol. The molecule has 1 atom stereocenters. The highest BCUT2D eigenvalue weighted by Gasteiger charge is 2.47. The van der Waals surface area contributed by atoms with Crippen LogP contribution in [0.1, 0.15) is 92.0 Å². The molecule has 2 aliphatic rings. The lowest BCUT2D eigenvalue weighted by Crippen LogP contribution is -2.61. The third-order valence-corrected chi connectivity index (χ3v) is 6.89. The van der Waals surface area contributed by atoms with E-state index in [-0.39, 0.29) is 23.1 Å². The Hall–Kier alpha value is -2.13. The fourth-order valence-corrected chi connectivity index (χ4v) is 5.25. The van der Waals surface area contributed by atoms with Crippen LogP contribution in [0.4, 0.5) is 4.79 Å². The van der Waals surface area contributed by atoms with Gasteiger partial charge < -0.3 is 14.5 Å². The molecule has 3 rings (SSSR count). The topological polar surface area (TPSA) is 86.1 Å². The molecule has 2 saturated heterocycles. The number of rotatable bonds is 5. The third-order valence-electron chi connectivity index (χ3n) is 6.89. The van der Waals surface area contributed by atoms with Gasteiger partial charge in [-0.05, 0) is 100 Å². The predicted octanol–water partition coefficient (Wildman–Crippen LogP) is 4.45. The number of hydrogen-bond donors (Lipinski definition) is 0. The minimum atomic E-state index is -0.809. The first-order chi connectivity index (χ1) is 16.1. The summed E-state index contributed by atoms with van der Waals surface area (Å²) in [4.78, 5) is 41.4. The molecule has 9 heteroatoms. The largest absolute Gasteiger partial charge is 0.444 e. The lowest BCUT2D eigenvalue weighted by Gasteiger charge is -2.52. The molecule has 1 aromatic heterocycles. The summed E-state index contributed by atoms with van der Waals surface area (Å²) in [5, 5.41) is 6.30. The molecule has 0 aliphatic carbocycles. The van der Waals surface area contributed by atoms with Crippen molar-refractivity contribution in [3.05, 3.63) is 17.5 Å². The van der Waals surface area contributed by atoms with Crippen LogP contribution in [0.25, 0.3) is 0 Å². The van der Waals surface area contributed by atoms with Crippen molar-refractivity contribution in [1.29, 1.82) is 0 Å². The van der Waals surface area contributed by atoms with Crippen molar-refractivity contribution in [3.8, 4) is 0 Å². The maximum Gasteiger partial charge on any atom is 0.410 e. The number of aromatic nitrogens is 2. The SMILES string of the molecule is Cc1cc(C)n(OC(=O)C(ON2C(C)(C)CCCC2(C)C)C2CCN(C(=O)OC(C)(C)C)CC2)n1. The van der Waals surface area contributed by atoms with Crippen LogP contribution >= 0.6 is 0 Å². The van der Waals surface area contributed by atoms with E-state index in [9.17, 15) is 9.59 Å². The van der Waals surface area contributed by atoms with Crippen LogP contribution in [-0.4, -0.2) is 67.8 Å². The first-order valence-corrected chi connectivity index (χ1v) is 12.8. The molecule has 0 spiro atoms. The number of likely N-dealkylation sites (tertiary alicyclic amines) is 1. The maximum atomic E-state index is 13.5. The summed E-state index contributed by atoms with van der Waals surface area (Å²) in [6.45, 7) is 18.9. The molecule has 0 bridgehead atoms. The van der Waals surface area contributed by atoms with E-state index in [1.165, 1.54) is 4.85 Å². The summed E-state index contributed by atoms with van der Waals surface area (Å²) in [5.41, 5.74) is 0.518. The zero-order valence-electron chi connectivity index (χ0n) is 23.0. The van der Waals surface area contributed by atoms with E-state index >= 15 is 0 Å². The molecular formula is C26H44N4O5. The van der Waals surface area contributed by atoms with Crippen molar-refractivity contribution in [2.45, 2.75) is 117 Å². The molecule has 3 heterocycles. The zero-order chi connectivity index (χ0) is 26.2. The van der Waals surface area contributed by atoms with Gasteiger partial charge in [0, 0.05) is 30.1 Å². The zero-order valence-corrected chi connectivity index (χ0v) is 23.0. The van der Waals surface area contributed by atoms with Crippen molar-refractivity contribution in [1.82, 2.24) is 19.9 Å². The highest BCUT2D eigenvalue weighted by molar-refractivity contribution is 5.75. The number of hydroxylamine groups is 2. The number of carbonyl (C=O) groups excluding carboxylic acids is 2. The summed E-state index contributed by atoms with van der Waals surface area (Å²) >= 11 is 0. The number of aryl methyl sites for hydroxylation is 2. The molecule has 0 saturated carbocycles. The van der Waals surface area contributed by atoms with E-state index in [1.807, 2.05) is 45.7 Å². The van der Waals surface area contributed by atoms with Crippen LogP contribution in [0.15, 0.2) is 6.07 Å². The molecule has 9 nitrogen and oxygen atoms in total. The van der Waals surface area contributed by atoms with Crippen LogP contribution < -0.4 is 4.84 Å². The van der Waals surface area contributed by atoms with Gasteiger partial charge in [0.15, 0.2) is 6.10 Å². The maximum absolute atomic E-state index is 13.5. The molecule has 0 aromatic carbocycles. The van der Waals surface area contributed by atoms with E-state index in [0.717, 1.165) is 30.7 Å². The van der Waals surface area contributed by atoms with Gasteiger partial charge in [-0.3, -0.25) is 4.84 Å². The lowest BCUT2D eigenvalue weighted by molar-refractivity contribution is -0.311. The summed E-state index contributed by atoms with van der Waals surface area (Å²) in [7, 11) is 0. The van der Waals surface area contributed by atoms with Gasteiger partial charge in [0.1, 0.15) is 5.60 Å². The highest BCUT2D eigenvalue weighted by atomic mass is 16.7.